The zero-order valence-corrected chi connectivity index (χ0v) is 16.1. The van der Waals surface area contributed by atoms with E-state index in [0.29, 0.717) is 23.2 Å². The molecule has 7 nitrogen and oxygen atoms in total. The van der Waals surface area contributed by atoms with Gasteiger partial charge in [0.15, 0.2) is 5.82 Å². The molecule has 0 saturated carbocycles. The number of amides is 2. The van der Waals surface area contributed by atoms with E-state index >= 15 is 0 Å². The standard InChI is InChI=1S/C22H23N5O2/c23-20-19(22(29)26-11-2-1-3-12-26)18-6-4-5-17(27(18)25-20)15-8-7-14-9-10-24-21(28)16(14)13-15/h4-8,13H,1-3,9-12H2,(H2,23,25)(H,24,28). The molecule has 3 aromatic rings. The summed E-state index contributed by atoms with van der Waals surface area (Å²) in [5.74, 6) is 0.129. The first-order valence-corrected chi connectivity index (χ1v) is 10.1. The maximum Gasteiger partial charge on any atom is 0.259 e. The molecule has 1 saturated heterocycles. The molecule has 0 bridgehead atoms. The van der Waals surface area contributed by atoms with Crippen LogP contribution in [-0.4, -0.2) is 46.0 Å². The van der Waals surface area contributed by atoms with Crippen molar-refractivity contribution >= 4 is 23.1 Å². The van der Waals surface area contributed by atoms with Crippen molar-refractivity contribution in [2.45, 2.75) is 25.7 Å². The van der Waals surface area contributed by atoms with Crippen molar-refractivity contribution in [1.29, 1.82) is 0 Å². The zero-order chi connectivity index (χ0) is 20.0. The average Bonchev–Trinajstić information content (AvgIpc) is 3.10. The van der Waals surface area contributed by atoms with Crippen molar-refractivity contribution in [1.82, 2.24) is 19.8 Å². The van der Waals surface area contributed by atoms with Gasteiger partial charge in [-0.15, -0.1) is 5.10 Å². The first kappa shape index (κ1) is 17.7. The summed E-state index contributed by atoms with van der Waals surface area (Å²) in [4.78, 5) is 27.2. The van der Waals surface area contributed by atoms with E-state index in [1.54, 1.807) is 4.52 Å². The molecule has 0 spiro atoms. The molecule has 0 radical (unpaired) electrons. The number of nitrogens with zero attached hydrogens (tertiary/aromatic N) is 3. The fourth-order valence-corrected chi connectivity index (χ4v) is 4.35. The molecular formula is C22H23N5O2. The van der Waals surface area contributed by atoms with Gasteiger partial charge >= 0.3 is 0 Å². The number of fused-ring (bicyclic) bond motifs is 2. The van der Waals surface area contributed by atoms with Gasteiger partial charge in [0.1, 0.15) is 5.56 Å². The third-order valence-corrected chi connectivity index (χ3v) is 5.87. The number of piperidine rings is 1. The Morgan fingerprint density at radius 1 is 1.10 bits per heavy atom. The lowest BCUT2D eigenvalue weighted by molar-refractivity contribution is 0.0727. The van der Waals surface area contributed by atoms with Crippen molar-refractivity contribution in [3.05, 3.63) is 53.1 Å². The number of nitrogens with one attached hydrogen (secondary N) is 1. The fourth-order valence-electron chi connectivity index (χ4n) is 4.35. The topological polar surface area (TPSA) is 92.7 Å². The third-order valence-electron chi connectivity index (χ3n) is 5.87. The third kappa shape index (κ3) is 2.93. The lowest BCUT2D eigenvalue weighted by Crippen LogP contribution is -2.35. The molecule has 0 aliphatic carbocycles. The predicted molar refractivity (Wildman–Crippen MR) is 111 cm³/mol. The van der Waals surface area contributed by atoms with Gasteiger partial charge in [-0.3, -0.25) is 9.59 Å². The molecule has 3 N–H and O–H groups in total. The molecule has 1 aromatic carbocycles. The normalized spacial score (nSPS) is 16.6. The first-order valence-electron chi connectivity index (χ1n) is 10.1. The number of hydrogen-bond donors (Lipinski definition) is 2. The predicted octanol–water partition coefficient (Wildman–Crippen LogP) is 2.50. The van der Waals surface area contributed by atoms with E-state index in [0.717, 1.165) is 55.6 Å². The average molecular weight is 389 g/mol. The Labute approximate surface area is 168 Å². The lowest BCUT2D eigenvalue weighted by atomic mass is 9.96. The van der Waals surface area contributed by atoms with Crippen molar-refractivity contribution in [3.8, 4) is 11.3 Å². The second kappa shape index (κ2) is 6.92. The van der Waals surface area contributed by atoms with Crippen molar-refractivity contribution in [2.24, 2.45) is 0 Å². The maximum atomic E-state index is 13.1. The van der Waals surface area contributed by atoms with Gasteiger partial charge in [0.2, 0.25) is 0 Å². The maximum absolute atomic E-state index is 13.1. The van der Waals surface area contributed by atoms with Gasteiger partial charge in [-0.05, 0) is 49.4 Å². The van der Waals surface area contributed by atoms with Crippen molar-refractivity contribution in [3.63, 3.8) is 0 Å². The quantitative estimate of drug-likeness (QED) is 0.704. The van der Waals surface area contributed by atoms with Crippen molar-refractivity contribution in [2.75, 3.05) is 25.4 Å². The smallest absolute Gasteiger partial charge is 0.259 e. The van der Waals surface area contributed by atoms with Crippen LogP contribution in [0.2, 0.25) is 0 Å². The first-order chi connectivity index (χ1) is 14.1. The molecule has 5 rings (SSSR count). The minimum absolute atomic E-state index is 0.0544. The van der Waals surface area contributed by atoms with Crippen LogP contribution in [0.5, 0.6) is 0 Å². The van der Waals surface area contributed by atoms with Gasteiger partial charge in [-0.25, -0.2) is 4.52 Å². The van der Waals surface area contributed by atoms with E-state index < -0.39 is 0 Å². The second-order valence-electron chi connectivity index (χ2n) is 7.70. The number of nitrogen functional groups attached to an aromatic ring is 1. The highest BCUT2D eigenvalue weighted by atomic mass is 16.2. The molecule has 1 fully saturated rings. The summed E-state index contributed by atoms with van der Waals surface area (Å²) in [5, 5.41) is 7.37. The van der Waals surface area contributed by atoms with Crippen LogP contribution in [0, 0.1) is 0 Å². The van der Waals surface area contributed by atoms with Gasteiger partial charge in [-0.1, -0.05) is 18.2 Å². The van der Waals surface area contributed by atoms with Crippen LogP contribution in [0.25, 0.3) is 16.8 Å². The van der Waals surface area contributed by atoms with Gasteiger partial charge in [0.25, 0.3) is 11.8 Å². The fraction of sp³-hybridized carbons (Fsp3) is 0.318. The van der Waals surface area contributed by atoms with Crippen LogP contribution in [0.3, 0.4) is 0 Å². The number of pyridine rings is 1. The second-order valence-corrected chi connectivity index (χ2v) is 7.70. The number of hydrogen-bond acceptors (Lipinski definition) is 4. The number of nitrogens with two attached hydrogens (primary N) is 1. The van der Waals surface area contributed by atoms with Gasteiger partial charge in [0, 0.05) is 30.8 Å². The molecule has 7 heteroatoms. The monoisotopic (exact) mass is 389 g/mol. The SMILES string of the molecule is Nc1nn2c(-c3ccc4c(c3)C(=O)NCC4)cccc2c1C(=O)N1CCCCC1. The molecule has 0 unspecified atom stereocenters. The summed E-state index contributed by atoms with van der Waals surface area (Å²) < 4.78 is 1.72. The summed E-state index contributed by atoms with van der Waals surface area (Å²) in [6, 6.07) is 11.6. The number of anilines is 1. The summed E-state index contributed by atoms with van der Waals surface area (Å²) in [6.45, 7) is 2.18. The van der Waals surface area contributed by atoms with Crippen molar-refractivity contribution < 1.29 is 9.59 Å². The van der Waals surface area contributed by atoms with Gasteiger partial charge in [-0.2, -0.15) is 0 Å². The van der Waals surface area contributed by atoms with Crippen LogP contribution in [0.15, 0.2) is 36.4 Å². The minimum Gasteiger partial charge on any atom is -0.382 e. The molecule has 2 aromatic heterocycles. The molecule has 2 aliphatic rings. The number of rotatable bonds is 2. The summed E-state index contributed by atoms with van der Waals surface area (Å²) in [5.41, 5.74) is 10.8. The Morgan fingerprint density at radius 3 is 2.76 bits per heavy atom. The molecule has 148 valence electrons. The number of likely N-dealkylation sites (tertiary alicyclic amines) is 1. The number of aromatic nitrogens is 2. The van der Waals surface area contributed by atoms with E-state index in [2.05, 4.69) is 10.4 Å². The Hall–Kier alpha value is -3.35. The molecule has 29 heavy (non-hydrogen) atoms. The highest BCUT2D eigenvalue weighted by Gasteiger charge is 2.26. The van der Waals surface area contributed by atoms with E-state index in [9.17, 15) is 9.59 Å². The van der Waals surface area contributed by atoms with E-state index in [1.165, 1.54) is 0 Å². The molecule has 0 atom stereocenters. The minimum atomic E-state index is -0.0563. The summed E-state index contributed by atoms with van der Waals surface area (Å²) >= 11 is 0. The Kier molecular flexibility index (Phi) is 4.23. The summed E-state index contributed by atoms with van der Waals surface area (Å²) in [7, 11) is 0. The zero-order valence-electron chi connectivity index (χ0n) is 16.1. The van der Waals surface area contributed by atoms with E-state index in [4.69, 9.17) is 5.73 Å². The molecule has 2 aliphatic heterocycles. The Morgan fingerprint density at radius 2 is 1.93 bits per heavy atom. The largest absolute Gasteiger partial charge is 0.382 e. The summed E-state index contributed by atoms with van der Waals surface area (Å²) in [6.07, 6.45) is 4.03. The molecular weight excluding hydrogens is 366 g/mol. The van der Waals surface area contributed by atoms with Crippen LogP contribution >= 0.6 is 0 Å². The highest BCUT2D eigenvalue weighted by Crippen LogP contribution is 2.29. The Balaban J connectivity index is 1.61. The number of carbonyl (C=O) groups excluding carboxylic acids is 2. The highest BCUT2D eigenvalue weighted by molar-refractivity contribution is 6.05. The van der Waals surface area contributed by atoms with E-state index in [-0.39, 0.29) is 17.6 Å². The van der Waals surface area contributed by atoms with Crippen LogP contribution in [0.1, 0.15) is 45.5 Å². The van der Waals surface area contributed by atoms with Crippen LogP contribution in [-0.2, 0) is 6.42 Å². The van der Waals surface area contributed by atoms with Crippen LogP contribution < -0.4 is 11.1 Å². The lowest BCUT2D eigenvalue weighted by Gasteiger charge is -2.26. The molecule has 2 amide bonds. The van der Waals surface area contributed by atoms with Gasteiger partial charge in [0.05, 0.1) is 11.2 Å². The van der Waals surface area contributed by atoms with Gasteiger partial charge < -0.3 is 16.0 Å². The molecule has 4 heterocycles. The number of benzene rings is 1. The Bertz CT molecular complexity index is 1130. The van der Waals surface area contributed by atoms with Crippen LogP contribution in [0.4, 0.5) is 5.82 Å². The van der Waals surface area contributed by atoms with E-state index in [1.807, 2.05) is 41.3 Å². The number of carbonyl (C=O) groups is 2.